The Labute approximate surface area is 151 Å². The molecular formula is C20H22N2O2S. The Hall–Kier alpha value is -2.53. The van der Waals surface area contributed by atoms with E-state index in [9.17, 15) is 4.79 Å². The molecule has 5 heteroatoms. The SMILES string of the molecule is CCc1ccc(C=CC(=O)NCCc2c[nH]c3cc(OC)ccc23)s1. The smallest absolute Gasteiger partial charge is 0.244 e. The molecule has 0 saturated carbocycles. The van der Waals surface area contributed by atoms with Gasteiger partial charge in [-0.1, -0.05) is 6.92 Å². The van der Waals surface area contributed by atoms with Crippen LogP contribution in [-0.4, -0.2) is 24.5 Å². The molecule has 0 aliphatic rings. The molecule has 1 aromatic carbocycles. The van der Waals surface area contributed by atoms with Gasteiger partial charge in [-0.3, -0.25) is 4.79 Å². The van der Waals surface area contributed by atoms with E-state index in [4.69, 9.17) is 4.74 Å². The second-order valence-electron chi connectivity index (χ2n) is 5.76. The third kappa shape index (κ3) is 4.31. The van der Waals surface area contributed by atoms with Gasteiger partial charge in [0.05, 0.1) is 7.11 Å². The van der Waals surface area contributed by atoms with Gasteiger partial charge in [0.1, 0.15) is 5.75 Å². The molecule has 1 amide bonds. The topological polar surface area (TPSA) is 54.1 Å². The van der Waals surface area contributed by atoms with Gasteiger partial charge in [-0.15, -0.1) is 11.3 Å². The molecule has 2 N–H and O–H groups in total. The van der Waals surface area contributed by atoms with Crippen LogP contribution in [0.5, 0.6) is 5.75 Å². The van der Waals surface area contributed by atoms with Crippen LogP contribution in [0.4, 0.5) is 0 Å². The summed E-state index contributed by atoms with van der Waals surface area (Å²) in [5, 5.41) is 4.10. The molecule has 130 valence electrons. The number of H-pyrrole nitrogens is 1. The molecule has 0 saturated heterocycles. The average molecular weight is 354 g/mol. The lowest BCUT2D eigenvalue weighted by atomic mass is 10.1. The molecular weight excluding hydrogens is 332 g/mol. The van der Waals surface area contributed by atoms with Crippen LogP contribution in [0.1, 0.15) is 22.2 Å². The zero-order valence-electron chi connectivity index (χ0n) is 14.5. The number of aromatic amines is 1. The van der Waals surface area contributed by atoms with Gasteiger partial charge < -0.3 is 15.0 Å². The van der Waals surface area contributed by atoms with Crippen LogP contribution in [0.15, 0.2) is 42.6 Å². The number of amides is 1. The van der Waals surface area contributed by atoms with Crippen LogP contribution < -0.4 is 10.1 Å². The number of ether oxygens (including phenoxy) is 1. The Morgan fingerprint density at radius 2 is 2.20 bits per heavy atom. The monoisotopic (exact) mass is 354 g/mol. The minimum atomic E-state index is -0.0621. The van der Waals surface area contributed by atoms with Crippen molar-refractivity contribution < 1.29 is 9.53 Å². The molecule has 0 radical (unpaired) electrons. The van der Waals surface area contributed by atoms with Gasteiger partial charge in [-0.05, 0) is 48.7 Å². The predicted molar refractivity (Wildman–Crippen MR) is 104 cm³/mol. The fourth-order valence-electron chi connectivity index (χ4n) is 2.71. The largest absolute Gasteiger partial charge is 0.497 e. The number of benzene rings is 1. The third-order valence-electron chi connectivity index (χ3n) is 4.10. The lowest BCUT2D eigenvalue weighted by Crippen LogP contribution is -2.23. The lowest BCUT2D eigenvalue weighted by Gasteiger charge is -2.03. The van der Waals surface area contributed by atoms with E-state index < -0.39 is 0 Å². The first-order valence-corrected chi connectivity index (χ1v) is 9.20. The first-order chi connectivity index (χ1) is 12.2. The Kier molecular flexibility index (Phi) is 5.56. The number of nitrogens with one attached hydrogen (secondary N) is 2. The summed E-state index contributed by atoms with van der Waals surface area (Å²) in [6, 6.07) is 10.1. The van der Waals surface area contributed by atoms with Crippen LogP contribution in [0.25, 0.3) is 17.0 Å². The van der Waals surface area contributed by atoms with E-state index in [0.717, 1.165) is 34.4 Å². The zero-order valence-corrected chi connectivity index (χ0v) is 15.3. The van der Waals surface area contributed by atoms with Crippen LogP contribution in [0.3, 0.4) is 0 Å². The highest BCUT2D eigenvalue weighted by molar-refractivity contribution is 7.12. The van der Waals surface area contributed by atoms with Crippen molar-refractivity contribution in [2.75, 3.05) is 13.7 Å². The normalized spacial score (nSPS) is 11.3. The van der Waals surface area contributed by atoms with Crippen LogP contribution in [-0.2, 0) is 17.6 Å². The van der Waals surface area contributed by atoms with Gasteiger partial charge in [-0.2, -0.15) is 0 Å². The van der Waals surface area contributed by atoms with E-state index in [1.165, 1.54) is 10.4 Å². The maximum absolute atomic E-state index is 12.0. The van der Waals surface area contributed by atoms with Crippen molar-refractivity contribution in [1.29, 1.82) is 0 Å². The summed E-state index contributed by atoms with van der Waals surface area (Å²) < 4.78 is 5.23. The summed E-state index contributed by atoms with van der Waals surface area (Å²) in [4.78, 5) is 17.6. The van der Waals surface area contributed by atoms with Crippen molar-refractivity contribution in [3.8, 4) is 5.75 Å². The second kappa shape index (κ2) is 8.03. The summed E-state index contributed by atoms with van der Waals surface area (Å²) >= 11 is 1.72. The molecule has 0 aliphatic heterocycles. The van der Waals surface area contributed by atoms with E-state index in [0.29, 0.717) is 6.54 Å². The van der Waals surface area contributed by atoms with Crippen molar-refractivity contribution in [3.05, 3.63) is 57.9 Å². The number of hydrogen-bond donors (Lipinski definition) is 2. The number of carbonyl (C=O) groups excluding carboxylic acids is 1. The molecule has 25 heavy (non-hydrogen) atoms. The molecule has 0 unspecified atom stereocenters. The third-order valence-corrected chi connectivity index (χ3v) is 5.29. The molecule has 2 aromatic heterocycles. The molecule has 3 aromatic rings. The molecule has 0 fully saturated rings. The van der Waals surface area contributed by atoms with Crippen molar-refractivity contribution in [3.63, 3.8) is 0 Å². The molecule has 2 heterocycles. The van der Waals surface area contributed by atoms with Gasteiger partial charge in [0.15, 0.2) is 0 Å². The van der Waals surface area contributed by atoms with Crippen molar-refractivity contribution in [2.45, 2.75) is 19.8 Å². The maximum Gasteiger partial charge on any atom is 0.244 e. The summed E-state index contributed by atoms with van der Waals surface area (Å²) in [5.41, 5.74) is 2.23. The van der Waals surface area contributed by atoms with Crippen LogP contribution >= 0.6 is 11.3 Å². The first-order valence-electron chi connectivity index (χ1n) is 8.38. The number of thiophene rings is 1. The van der Waals surface area contributed by atoms with Crippen LogP contribution in [0.2, 0.25) is 0 Å². The number of carbonyl (C=O) groups is 1. The summed E-state index contributed by atoms with van der Waals surface area (Å²) in [5.74, 6) is 0.770. The minimum Gasteiger partial charge on any atom is -0.497 e. The summed E-state index contributed by atoms with van der Waals surface area (Å²) in [6.45, 7) is 2.74. The zero-order chi connectivity index (χ0) is 17.6. The number of hydrogen-bond acceptors (Lipinski definition) is 3. The molecule has 4 nitrogen and oxygen atoms in total. The van der Waals surface area contributed by atoms with E-state index in [-0.39, 0.29) is 5.91 Å². The maximum atomic E-state index is 12.0. The quantitative estimate of drug-likeness (QED) is 0.626. The van der Waals surface area contributed by atoms with Crippen molar-refractivity contribution in [1.82, 2.24) is 10.3 Å². The Balaban J connectivity index is 1.53. The van der Waals surface area contributed by atoms with E-state index >= 15 is 0 Å². The molecule has 0 bridgehead atoms. The Morgan fingerprint density at radius 3 is 2.96 bits per heavy atom. The van der Waals surface area contributed by atoms with E-state index in [1.807, 2.05) is 36.5 Å². The Bertz CT molecular complexity index is 892. The predicted octanol–water partition coefficient (Wildman–Crippen LogP) is 4.17. The summed E-state index contributed by atoms with van der Waals surface area (Å²) in [6.07, 6.45) is 7.28. The standard InChI is InChI=1S/C20H22N2O2S/c1-3-16-5-6-17(25-16)7-9-20(23)21-11-10-14-13-22-19-12-15(24-2)4-8-18(14)19/h4-9,12-13,22H,3,10-11H2,1-2H3,(H,21,23). The average Bonchev–Trinajstić information content (AvgIpc) is 3.26. The fourth-order valence-corrected chi connectivity index (χ4v) is 3.57. The van der Waals surface area contributed by atoms with Gasteiger partial charge in [0.25, 0.3) is 0 Å². The van der Waals surface area contributed by atoms with Crippen molar-refractivity contribution in [2.24, 2.45) is 0 Å². The molecule has 0 atom stereocenters. The number of aromatic nitrogens is 1. The highest BCUT2D eigenvalue weighted by Gasteiger charge is 2.05. The number of fused-ring (bicyclic) bond motifs is 1. The minimum absolute atomic E-state index is 0.0621. The number of aryl methyl sites for hydroxylation is 1. The van der Waals surface area contributed by atoms with Crippen LogP contribution in [0, 0.1) is 0 Å². The Morgan fingerprint density at radius 1 is 1.32 bits per heavy atom. The van der Waals surface area contributed by atoms with E-state index in [2.05, 4.69) is 23.3 Å². The van der Waals surface area contributed by atoms with Gasteiger partial charge >= 0.3 is 0 Å². The van der Waals surface area contributed by atoms with Crippen molar-refractivity contribution >= 4 is 34.2 Å². The number of methoxy groups -OCH3 is 1. The fraction of sp³-hybridized carbons (Fsp3) is 0.250. The van der Waals surface area contributed by atoms with Gasteiger partial charge in [0, 0.05) is 45.5 Å². The van der Waals surface area contributed by atoms with Gasteiger partial charge in [-0.25, -0.2) is 0 Å². The molecule has 0 spiro atoms. The van der Waals surface area contributed by atoms with Gasteiger partial charge in [0.2, 0.25) is 5.91 Å². The lowest BCUT2D eigenvalue weighted by molar-refractivity contribution is -0.116. The van der Waals surface area contributed by atoms with E-state index in [1.54, 1.807) is 24.5 Å². The highest BCUT2D eigenvalue weighted by Crippen LogP contribution is 2.23. The number of rotatable bonds is 7. The first kappa shape index (κ1) is 17.3. The molecule has 0 aliphatic carbocycles. The second-order valence-corrected chi connectivity index (χ2v) is 6.96. The summed E-state index contributed by atoms with van der Waals surface area (Å²) in [7, 11) is 1.66. The highest BCUT2D eigenvalue weighted by atomic mass is 32.1. The molecule has 3 rings (SSSR count).